The van der Waals surface area contributed by atoms with Crippen LogP contribution in [0.5, 0.6) is 11.5 Å². The number of hydrogen-bond acceptors (Lipinski definition) is 5. The van der Waals surface area contributed by atoms with E-state index < -0.39 is 12.0 Å². The number of benzene rings is 2. The molecule has 0 saturated carbocycles. The number of fused-ring (bicyclic) bond motifs is 1. The highest BCUT2D eigenvalue weighted by Gasteiger charge is 2.23. The minimum Gasteiger partial charge on any atom is -0.481 e. The first-order valence-corrected chi connectivity index (χ1v) is 11.9. The lowest BCUT2D eigenvalue weighted by Gasteiger charge is -2.25. The van der Waals surface area contributed by atoms with Crippen LogP contribution in [0.1, 0.15) is 37.4 Å². The van der Waals surface area contributed by atoms with Crippen molar-refractivity contribution in [2.45, 2.75) is 38.8 Å². The van der Waals surface area contributed by atoms with Crippen LogP contribution in [-0.4, -0.2) is 41.4 Å². The summed E-state index contributed by atoms with van der Waals surface area (Å²) in [5, 5.41) is 15.2. The molecule has 1 aliphatic heterocycles. The Hall–Kier alpha value is -2.87. The highest BCUT2D eigenvalue weighted by atomic mass is 32.2. The van der Waals surface area contributed by atoms with Gasteiger partial charge in [-0.15, -0.1) is 0 Å². The van der Waals surface area contributed by atoms with E-state index in [1.807, 2.05) is 18.2 Å². The Kier molecular flexibility index (Phi) is 8.67. The minimum absolute atomic E-state index is 0.0296. The van der Waals surface area contributed by atoms with E-state index in [4.69, 9.17) is 9.47 Å². The van der Waals surface area contributed by atoms with E-state index >= 15 is 0 Å². The highest BCUT2D eigenvalue weighted by molar-refractivity contribution is 7.99. The third-order valence-electron chi connectivity index (χ3n) is 5.28. The third-order valence-corrected chi connectivity index (χ3v) is 6.37. The number of thioether (sulfide) groups is 1. The van der Waals surface area contributed by atoms with Crippen LogP contribution in [0.3, 0.4) is 0 Å². The number of ether oxygens (including phenoxy) is 2. The second kappa shape index (κ2) is 11.7. The van der Waals surface area contributed by atoms with Gasteiger partial charge < -0.3 is 25.2 Å². The Morgan fingerprint density at radius 1 is 1.06 bits per heavy atom. The van der Waals surface area contributed by atoms with Crippen LogP contribution in [0.2, 0.25) is 0 Å². The van der Waals surface area contributed by atoms with Crippen molar-refractivity contribution in [3.05, 3.63) is 59.7 Å². The van der Waals surface area contributed by atoms with E-state index in [1.54, 1.807) is 30.0 Å². The molecule has 3 rings (SSSR count). The lowest BCUT2D eigenvalue weighted by Crippen LogP contribution is -2.47. The van der Waals surface area contributed by atoms with E-state index in [-0.39, 0.29) is 31.2 Å². The summed E-state index contributed by atoms with van der Waals surface area (Å²) in [6.45, 7) is 4.26. The van der Waals surface area contributed by atoms with Crippen molar-refractivity contribution < 1.29 is 24.2 Å². The smallest absolute Gasteiger partial charge is 0.315 e. The van der Waals surface area contributed by atoms with E-state index in [9.17, 15) is 14.7 Å². The van der Waals surface area contributed by atoms with Crippen molar-refractivity contribution in [3.63, 3.8) is 0 Å². The number of urea groups is 1. The number of aliphatic carboxylic acids is 1. The largest absolute Gasteiger partial charge is 0.481 e. The molecule has 7 nitrogen and oxygen atoms in total. The first kappa shape index (κ1) is 23.8. The molecule has 2 atom stereocenters. The van der Waals surface area contributed by atoms with E-state index in [0.29, 0.717) is 17.1 Å². The summed E-state index contributed by atoms with van der Waals surface area (Å²) in [7, 11) is 0. The molecule has 3 N–H and O–H groups in total. The average Bonchev–Trinajstić information content (AvgIpc) is 3.23. The number of carboxylic acids is 1. The number of hydrogen-bond donors (Lipinski definition) is 3. The first-order chi connectivity index (χ1) is 15.4. The molecule has 0 radical (unpaired) electrons. The molecule has 0 aromatic heterocycles. The second-order valence-corrected chi connectivity index (χ2v) is 9.19. The van der Waals surface area contributed by atoms with Gasteiger partial charge in [0.05, 0.1) is 12.5 Å². The topological polar surface area (TPSA) is 96.9 Å². The number of carboxylic acid groups (broad SMARTS) is 1. The molecule has 2 amide bonds. The minimum atomic E-state index is -0.996. The zero-order valence-electron chi connectivity index (χ0n) is 18.4. The zero-order valence-corrected chi connectivity index (χ0v) is 19.2. The molecule has 1 heterocycles. The molecule has 0 unspecified atom stereocenters. The van der Waals surface area contributed by atoms with Gasteiger partial charge in [0, 0.05) is 11.8 Å². The maximum Gasteiger partial charge on any atom is 0.315 e. The number of carbonyl (C=O) groups excluding carboxylic acids is 1. The van der Waals surface area contributed by atoms with Crippen LogP contribution in [-0.2, 0) is 11.2 Å². The molecule has 1 aliphatic rings. The molecular formula is C24H30N2O5S. The fourth-order valence-corrected chi connectivity index (χ4v) is 4.64. The van der Waals surface area contributed by atoms with Gasteiger partial charge in [0.2, 0.25) is 6.79 Å². The third kappa shape index (κ3) is 7.09. The van der Waals surface area contributed by atoms with Crippen molar-refractivity contribution in [2.75, 3.05) is 18.3 Å². The second-order valence-electron chi connectivity index (χ2n) is 8.04. The number of aryl methyl sites for hydroxylation is 1. The molecule has 32 heavy (non-hydrogen) atoms. The van der Waals surface area contributed by atoms with Crippen molar-refractivity contribution >= 4 is 23.8 Å². The lowest BCUT2D eigenvalue weighted by molar-refractivity contribution is -0.137. The van der Waals surface area contributed by atoms with Crippen LogP contribution >= 0.6 is 11.8 Å². The van der Waals surface area contributed by atoms with Gasteiger partial charge >= 0.3 is 12.0 Å². The van der Waals surface area contributed by atoms with Gasteiger partial charge in [-0.25, -0.2) is 4.79 Å². The Balaban J connectivity index is 1.54. The summed E-state index contributed by atoms with van der Waals surface area (Å²) in [6.07, 6.45) is 0.749. The van der Waals surface area contributed by atoms with E-state index in [1.165, 1.54) is 5.56 Å². The van der Waals surface area contributed by atoms with Crippen LogP contribution in [0.4, 0.5) is 4.79 Å². The number of carbonyl (C=O) groups is 2. The molecule has 0 spiro atoms. The number of nitrogens with one attached hydrogen (secondary N) is 2. The predicted octanol–water partition coefficient (Wildman–Crippen LogP) is 4.23. The fraction of sp³-hybridized carbons (Fsp3) is 0.417. The van der Waals surface area contributed by atoms with Gasteiger partial charge in [-0.2, -0.15) is 11.8 Å². The van der Waals surface area contributed by atoms with Crippen LogP contribution in [0.25, 0.3) is 0 Å². The van der Waals surface area contributed by atoms with Gasteiger partial charge in [0.15, 0.2) is 11.5 Å². The van der Waals surface area contributed by atoms with Gasteiger partial charge in [0.25, 0.3) is 0 Å². The summed E-state index contributed by atoms with van der Waals surface area (Å²) >= 11 is 1.80. The quantitative estimate of drug-likeness (QED) is 0.436. The van der Waals surface area contributed by atoms with Crippen molar-refractivity contribution in [3.8, 4) is 11.5 Å². The summed E-state index contributed by atoms with van der Waals surface area (Å²) in [6, 6.07) is 14.4. The SMILES string of the molecule is CC(C)[C@@H](CSCCc1ccccc1)NC(=O)N[C@@H](CC(=O)O)c1ccc2c(c1)OCO2. The summed E-state index contributed by atoms with van der Waals surface area (Å²) in [4.78, 5) is 24.1. The molecule has 2 aromatic carbocycles. The Labute approximate surface area is 192 Å². The number of amides is 2. The Bertz CT molecular complexity index is 907. The molecule has 2 aromatic rings. The molecule has 8 heteroatoms. The maximum absolute atomic E-state index is 12.7. The molecule has 0 saturated heterocycles. The Morgan fingerprint density at radius 2 is 1.81 bits per heavy atom. The van der Waals surface area contributed by atoms with E-state index in [0.717, 1.165) is 17.9 Å². The molecule has 0 aliphatic carbocycles. The van der Waals surface area contributed by atoms with Crippen LogP contribution in [0, 0.1) is 5.92 Å². The maximum atomic E-state index is 12.7. The monoisotopic (exact) mass is 458 g/mol. The van der Waals surface area contributed by atoms with Crippen molar-refractivity contribution in [1.82, 2.24) is 10.6 Å². The Morgan fingerprint density at radius 3 is 2.53 bits per heavy atom. The van der Waals surface area contributed by atoms with Gasteiger partial charge in [0.1, 0.15) is 0 Å². The van der Waals surface area contributed by atoms with Crippen LogP contribution < -0.4 is 20.1 Å². The fourth-order valence-electron chi connectivity index (χ4n) is 3.37. The lowest BCUT2D eigenvalue weighted by atomic mass is 10.0. The summed E-state index contributed by atoms with van der Waals surface area (Å²) < 4.78 is 10.7. The molecule has 0 fully saturated rings. The standard InChI is InChI=1S/C24H30N2O5S/c1-16(2)20(14-32-11-10-17-6-4-3-5-7-17)26-24(29)25-19(13-23(27)28)18-8-9-21-22(12-18)31-15-30-21/h3-9,12,16,19-20H,10-11,13-15H2,1-2H3,(H,27,28)(H2,25,26,29)/t19-,20+/m0/s1. The normalized spacial score (nSPS) is 14.1. The van der Waals surface area contributed by atoms with Gasteiger partial charge in [-0.1, -0.05) is 50.2 Å². The molecule has 0 bridgehead atoms. The van der Waals surface area contributed by atoms with Gasteiger partial charge in [-0.05, 0) is 41.4 Å². The van der Waals surface area contributed by atoms with Crippen LogP contribution in [0.15, 0.2) is 48.5 Å². The highest BCUT2D eigenvalue weighted by Crippen LogP contribution is 2.34. The van der Waals surface area contributed by atoms with Crippen molar-refractivity contribution in [1.29, 1.82) is 0 Å². The van der Waals surface area contributed by atoms with E-state index in [2.05, 4.69) is 36.6 Å². The molecule has 172 valence electrons. The summed E-state index contributed by atoms with van der Waals surface area (Å²) in [5.41, 5.74) is 1.96. The average molecular weight is 459 g/mol. The zero-order chi connectivity index (χ0) is 22.9. The first-order valence-electron chi connectivity index (χ1n) is 10.7. The molecular weight excluding hydrogens is 428 g/mol. The van der Waals surface area contributed by atoms with Crippen molar-refractivity contribution in [2.24, 2.45) is 5.92 Å². The number of rotatable bonds is 11. The van der Waals surface area contributed by atoms with Gasteiger partial charge in [-0.3, -0.25) is 4.79 Å². The summed E-state index contributed by atoms with van der Waals surface area (Å²) in [5.74, 6) is 2.16. The predicted molar refractivity (Wildman–Crippen MR) is 125 cm³/mol.